The molecule has 1 heterocycles. The zero-order valence-corrected chi connectivity index (χ0v) is 10.6. The highest BCUT2D eigenvalue weighted by molar-refractivity contribution is 7.80. The van der Waals surface area contributed by atoms with Crippen LogP contribution in [0.1, 0.15) is 35.3 Å². The van der Waals surface area contributed by atoms with Gasteiger partial charge in [0, 0.05) is 24.7 Å². The Morgan fingerprint density at radius 2 is 2.41 bits per heavy atom. The SMILES string of the molecule is Cc1[nH]ncc1C(=O)N(CCC(N)=S)C1CC1. The summed E-state index contributed by atoms with van der Waals surface area (Å²) in [7, 11) is 0. The van der Waals surface area contributed by atoms with E-state index in [0.717, 1.165) is 18.5 Å². The number of nitrogens with one attached hydrogen (secondary N) is 1. The Kier molecular flexibility index (Phi) is 3.42. The minimum atomic E-state index is 0.0231. The summed E-state index contributed by atoms with van der Waals surface area (Å²) in [5.41, 5.74) is 6.93. The van der Waals surface area contributed by atoms with E-state index >= 15 is 0 Å². The van der Waals surface area contributed by atoms with Crippen LogP contribution in [0.3, 0.4) is 0 Å². The predicted octanol–water partition coefficient (Wildman–Crippen LogP) is 0.999. The molecule has 2 rings (SSSR count). The van der Waals surface area contributed by atoms with Crippen molar-refractivity contribution in [3.63, 3.8) is 0 Å². The molecule has 1 aliphatic rings. The fourth-order valence-electron chi connectivity index (χ4n) is 1.79. The van der Waals surface area contributed by atoms with E-state index in [1.807, 2.05) is 11.8 Å². The van der Waals surface area contributed by atoms with Crippen molar-refractivity contribution in [1.82, 2.24) is 15.1 Å². The van der Waals surface area contributed by atoms with Crippen molar-refractivity contribution in [3.8, 4) is 0 Å². The molecule has 5 nitrogen and oxygen atoms in total. The number of rotatable bonds is 5. The first-order chi connectivity index (χ1) is 8.09. The number of aryl methyl sites for hydroxylation is 1. The van der Waals surface area contributed by atoms with Gasteiger partial charge in [-0.1, -0.05) is 12.2 Å². The molecule has 0 aliphatic heterocycles. The van der Waals surface area contributed by atoms with Gasteiger partial charge in [-0.25, -0.2) is 0 Å². The van der Waals surface area contributed by atoms with Gasteiger partial charge < -0.3 is 10.6 Å². The number of H-pyrrole nitrogens is 1. The number of hydrogen-bond donors (Lipinski definition) is 2. The monoisotopic (exact) mass is 252 g/mol. The molecule has 0 radical (unpaired) electrons. The molecular formula is C11H16N4OS. The van der Waals surface area contributed by atoms with Gasteiger partial charge in [-0.05, 0) is 19.8 Å². The third-order valence-electron chi connectivity index (χ3n) is 2.91. The van der Waals surface area contributed by atoms with Gasteiger partial charge in [0.25, 0.3) is 5.91 Å². The summed E-state index contributed by atoms with van der Waals surface area (Å²) in [6.45, 7) is 2.45. The second-order valence-corrected chi connectivity index (χ2v) is 4.88. The summed E-state index contributed by atoms with van der Waals surface area (Å²) in [4.78, 5) is 14.6. The molecule has 1 aliphatic carbocycles. The zero-order valence-electron chi connectivity index (χ0n) is 9.77. The molecule has 1 aromatic heterocycles. The first-order valence-corrected chi connectivity index (χ1v) is 6.09. The molecule has 0 atom stereocenters. The van der Waals surface area contributed by atoms with Crippen molar-refractivity contribution in [1.29, 1.82) is 0 Å². The molecule has 1 fully saturated rings. The summed E-state index contributed by atoms with van der Waals surface area (Å²) in [6, 6.07) is 0.353. The molecule has 92 valence electrons. The van der Waals surface area contributed by atoms with E-state index in [2.05, 4.69) is 10.2 Å². The van der Waals surface area contributed by atoms with Crippen molar-refractivity contribution >= 4 is 23.1 Å². The van der Waals surface area contributed by atoms with E-state index in [9.17, 15) is 4.79 Å². The maximum atomic E-state index is 12.3. The van der Waals surface area contributed by atoms with E-state index in [1.165, 1.54) is 0 Å². The molecule has 3 N–H and O–H groups in total. The van der Waals surface area contributed by atoms with Gasteiger partial charge in [-0.3, -0.25) is 9.89 Å². The summed E-state index contributed by atoms with van der Waals surface area (Å²) >= 11 is 4.85. The second kappa shape index (κ2) is 4.83. The van der Waals surface area contributed by atoms with Crippen LogP contribution >= 0.6 is 12.2 Å². The number of carbonyl (C=O) groups is 1. The smallest absolute Gasteiger partial charge is 0.257 e. The van der Waals surface area contributed by atoms with E-state index in [4.69, 9.17) is 18.0 Å². The Morgan fingerprint density at radius 1 is 1.71 bits per heavy atom. The standard InChI is InChI=1S/C11H16N4OS/c1-7-9(6-13-14-7)11(16)15(8-2-3-8)5-4-10(12)17/h6,8H,2-5H2,1H3,(H2,12,17)(H,13,14). The lowest BCUT2D eigenvalue weighted by Gasteiger charge is -2.21. The van der Waals surface area contributed by atoms with Crippen LogP contribution in [0.25, 0.3) is 0 Å². The third-order valence-corrected chi connectivity index (χ3v) is 3.11. The van der Waals surface area contributed by atoms with Crippen molar-refractivity contribution < 1.29 is 4.79 Å². The van der Waals surface area contributed by atoms with E-state index < -0.39 is 0 Å². The molecule has 0 aromatic carbocycles. The van der Waals surface area contributed by atoms with Crippen LogP contribution in [0.15, 0.2) is 6.20 Å². The van der Waals surface area contributed by atoms with Gasteiger partial charge in [-0.15, -0.1) is 0 Å². The third kappa shape index (κ3) is 2.82. The Balaban J connectivity index is 2.08. The second-order valence-electron chi connectivity index (χ2n) is 4.35. The fourth-order valence-corrected chi connectivity index (χ4v) is 1.88. The minimum absolute atomic E-state index is 0.0231. The number of aromatic nitrogens is 2. The average Bonchev–Trinajstić information content (AvgIpc) is 3.00. The van der Waals surface area contributed by atoms with E-state index in [0.29, 0.717) is 29.6 Å². The van der Waals surface area contributed by atoms with E-state index in [1.54, 1.807) is 6.20 Å². The molecule has 17 heavy (non-hydrogen) atoms. The lowest BCUT2D eigenvalue weighted by atomic mass is 10.2. The van der Waals surface area contributed by atoms with Crippen molar-refractivity contribution in [2.24, 2.45) is 5.73 Å². The van der Waals surface area contributed by atoms with Gasteiger partial charge >= 0.3 is 0 Å². The number of hydrogen-bond acceptors (Lipinski definition) is 3. The predicted molar refractivity (Wildman–Crippen MR) is 68.8 cm³/mol. The van der Waals surface area contributed by atoms with Crippen molar-refractivity contribution in [2.45, 2.75) is 32.2 Å². The highest BCUT2D eigenvalue weighted by Crippen LogP contribution is 2.28. The van der Waals surface area contributed by atoms with Gasteiger partial charge in [0.2, 0.25) is 0 Å². The maximum absolute atomic E-state index is 12.3. The van der Waals surface area contributed by atoms with Crippen LogP contribution in [0, 0.1) is 6.92 Å². The van der Waals surface area contributed by atoms with Gasteiger partial charge in [0.1, 0.15) is 0 Å². The number of carbonyl (C=O) groups excluding carboxylic acids is 1. The number of nitrogens with two attached hydrogens (primary N) is 1. The van der Waals surface area contributed by atoms with Gasteiger partial charge in [0.05, 0.1) is 16.7 Å². The molecular weight excluding hydrogens is 236 g/mol. The number of nitrogens with zero attached hydrogens (tertiary/aromatic N) is 2. The molecule has 0 saturated heterocycles. The maximum Gasteiger partial charge on any atom is 0.257 e. The normalized spacial score (nSPS) is 14.6. The number of thiocarbonyl (C=S) groups is 1. The number of aromatic amines is 1. The molecule has 0 spiro atoms. The molecule has 0 unspecified atom stereocenters. The van der Waals surface area contributed by atoms with Crippen LogP contribution in [-0.4, -0.2) is 38.6 Å². The van der Waals surface area contributed by atoms with E-state index in [-0.39, 0.29) is 5.91 Å². The molecule has 1 amide bonds. The Hall–Kier alpha value is -1.43. The highest BCUT2D eigenvalue weighted by atomic mass is 32.1. The van der Waals surface area contributed by atoms with Crippen LogP contribution in [0.2, 0.25) is 0 Å². The Morgan fingerprint density at radius 3 is 2.88 bits per heavy atom. The molecule has 6 heteroatoms. The summed E-state index contributed by atoms with van der Waals surface area (Å²) in [6.07, 6.45) is 4.29. The topological polar surface area (TPSA) is 75.0 Å². The molecule has 1 saturated carbocycles. The lowest BCUT2D eigenvalue weighted by molar-refractivity contribution is 0.0747. The fraction of sp³-hybridized carbons (Fsp3) is 0.545. The Bertz CT molecular complexity index is 438. The first kappa shape index (κ1) is 12.0. The summed E-state index contributed by atoms with van der Waals surface area (Å²) in [5, 5.41) is 6.66. The van der Waals surface area contributed by atoms with Crippen LogP contribution in [0.4, 0.5) is 0 Å². The number of amides is 1. The van der Waals surface area contributed by atoms with Gasteiger partial charge in [-0.2, -0.15) is 5.10 Å². The highest BCUT2D eigenvalue weighted by Gasteiger charge is 2.33. The quantitative estimate of drug-likeness (QED) is 0.767. The van der Waals surface area contributed by atoms with Crippen LogP contribution in [-0.2, 0) is 0 Å². The zero-order chi connectivity index (χ0) is 12.4. The van der Waals surface area contributed by atoms with Crippen LogP contribution < -0.4 is 5.73 Å². The largest absolute Gasteiger partial charge is 0.393 e. The minimum Gasteiger partial charge on any atom is -0.393 e. The summed E-state index contributed by atoms with van der Waals surface area (Å²) < 4.78 is 0. The first-order valence-electron chi connectivity index (χ1n) is 5.69. The molecule has 1 aromatic rings. The molecule has 0 bridgehead atoms. The summed E-state index contributed by atoms with van der Waals surface area (Å²) in [5.74, 6) is 0.0231. The van der Waals surface area contributed by atoms with Crippen molar-refractivity contribution in [3.05, 3.63) is 17.5 Å². The van der Waals surface area contributed by atoms with Crippen LogP contribution in [0.5, 0.6) is 0 Å². The van der Waals surface area contributed by atoms with Crippen molar-refractivity contribution in [2.75, 3.05) is 6.54 Å². The van der Waals surface area contributed by atoms with Gasteiger partial charge in [0.15, 0.2) is 0 Å². The lowest BCUT2D eigenvalue weighted by Crippen LogP contribution is -2.35. The average molecular weight is 252 g/mol. The Labute approximate surface area is 105 Å².